The lowest BCUT2D eigenvalue weighted by Crippen LogP contribution is -2.12. The summed E-state index contributed by atoms with van der Waals surface area (Å²) in [5.41, 5.74) is 6.62. The molecular formula is C15H19N3O2S. The van der Waals surface area contributed by atoms with Crippen LogP contribution in [-0.2, 0) is 6.42 Å². The lowest BCUT2D eigenvalue weighted by Gasteiger charge is -2.06. The van der Waals surface area contributed by atoms with Crippen LogP contribution in [0.2, 0.25) is 0 Å². The number of hydrogen-bond donors (Lipinski definition) is 2. The number of thiazole rings is 1. The molecule has 21 heavy (non-hydrogen) atoms. The van der Waals surface area contributed by atoms with E-state index >= 15 is 0 Å². The van der Waals surface area contributed by atoms with E-state index in [4.69, 9.17) is 10.5 Å². The van der Waals surface area contributed by atoms with Crippen molar-refractivity contribution < 1.29 is 9.53 Å². The molecular weight excluding hydrogens is 286 g/mol. The molecule has 0 aliphatic heterocycles. The van der Waals surface area contributed by atoms with Crippen LogP contribution in [0.5, 0.6) is 5.75 Å². The number of aromatic nitrogens is 1. The van der Waals surface area contributed by atoms with E-state index < -0.39 is 0 Å². The van der Waals surface area contributed by atoms with E-state index in [-0.39, 0.29) is 5.91 Å². The first-order chi connectivity index (χ1) is 10.2. The molecule has 0 atom stereocenters. The number of nitrogens with one attached hydrogen (secondary N) is 1. The van der Waals surface area contributed by atoms with Crippen molar-refractivity contribution >= 4 is 22.9 Å². The molecule has 0 aliphatic rings. The first-order valence-electron chi connectivity index (χ1n) is 6.91. The van der Waals surface area contributed by atoms with Gasteiger partial charge in [0.05, 0.1) is 11.6 Å². The van der Waals surface area contributed by atoms with Crippen molar-refractivity contribution in [3.8, 4) is 5.75 Å². The van der Waals surface area contributed by atoms with Crippen LogP contribution in [0.25, 0.3) is 0 Å². The zero-order valence-corrected chi connectivity index (χ0v) is 12.8. The van der Waals surface area contributed by atoms with Crippen LogP contribution in [0.3, 0.4) is 0 Å². The molecule has 0 fully saturated rings. The normalized spacial score (nSPS) is 10.4. The average molecular weight is 305 g/mol. The summed E-state index contributed by atoms with van der Waals surface area (Å²) in [7, 11) is 0. The molecule has 0 radical (unpaired) electrons. The molecule has 1 aromatic heterocycles. The topological polar surface area (TPSA) is 77.2 Å². The van der Waals surface area contributed by atoms with Gasteiger partial charge >= 0.3 is 0 Å². The Balaban J connectivity index is 1.95. The number of nitrogens with zero attached hydrogens (tertiary/aromatic N) is 1. The van der Waals surface area contributed by atoms with Gasteiger partial charge in [-0.1, -0.05) is 6.92 Å². The Bertz CT molecular complexity index is 581. The second-order valence-corrected chi connectivity index (χ2v) is 5.43. The molecule has 0 saturated carbocycles. The number of hydrogen-bond acceptors (Lipinski definition) is 5. The highest BCUT2D eigenvalue weighted by molar-refractivity contribution is 7.09. The quantitative estimate of drug-likeness (QED) is 0.824. The zero-order valence-electron chi connectivity index (χ0n) is 12.0. The van der Waals surface area contributed by atoms with Gasteiger partial charge in [-0.25, -0.2) is 4.98 Å². The van der Waals surface area contributed by atoms with E-state index in [0.717, 1.165) is 22.9 Å². The molecule has 0 aliphatic carbocycles. The molecule has 1 heterocycles. The van der Waals surface area contributed by atoms with Gasteiger partial charge in [0.25, 0.3) is 5.91 Å². The first kappa shape index (κ1) is 15.5. The fourth-order valence-electron chi connectivity index (χ4n) is 1.70. The van der Waals surface area contributed by atoms with Crippen molar-refractivity contribution in [2.75, 3.05) is 18.5 Å². The van der Waals surface area contributed by atoms with Crippen LogP contribution in [0.15, 0.2) is 29.6 Å². The number of carbonyl (C=O) groups excluding carboxylic acids is 1. The largest absolute Gasteiger partial charge is 0.494 e. The van der Waals surface area contributed by atoms with Crippen molar-refractivity contribution in [2.45, 2.75) is 19.8 Å². The Hall–Kier alpha value is -1.92. The highest BCUT2D eigenvalue weighted by Gasteiger charge is 2.10. The van der Waals surface area contributed by atoms with E-state index in [9.17, 15) is 4.79 Å². The van der Waals surface area contributed by atoms with E-state index in [0.29, 0.717) is 25.3 Å². The Morgan fingerprint density at radius 2 is 2.14 bits per heavy atom. The molecule has 1 aromatic carbocycles. The Kier molecular flexibility index (Phi) is 5.71. The minimum absolute atomic E-state index is 0.211. The van der Waals surface area contributed by atoms with Crippen molar-refractivity contribution in [3.05, 3.63) is 40.3 Å². The standard InChI is InChI=1S/C15H19N3O2S/c1-2-9-20-12-5-3-11(4-6-12)17-15(19)13-10-21-14(18-13)7-8-16/h3-6,10H,2,7-9,16H2,1H3,(H,17,19). The Morgan fingerprint density at radius 3 is 2.81 bits per heavy atom. The summed E-state index contributed by atoms with van der Waals surface area (Å²) >= 11 is 1.45. The number of amides is 1. The van der Waals surface area contributed by atoms with Gasteiger partial charge in [-0.2, -0.15) is 0 Å². The second-order valence-electron chi connectivity index (χ2n) is 4.49. The van der Waals surface area contributed by atoms with Crippen LogP contribution >= 0.6 is 11.3 Å². The number of nitrogens with two attached hydrogens (primary N) is 1. The SMILES string of the molecule is CCCOc1ccc(NC(=O)c2csc(CCN)n2)cc1. The molecule has 1 amide bonds. The van der Waals surface area contributed by atoms with E-state index in [2.05, 4.69) is 17.2 Å². The summed E-state index contributed by atoms with van der Waals surface area (Å²) in [4.78, 5) is 16.3. The molecule has 3 N–H and O–H groups in total. The summed E-state index contributed by atoms with van der Waals surface area (Å²) in [6.45, 7) is 3.28. The smallest absolute Gasteiger partial charge is 0.275 e. The molecule has 0 unspecified atom stereocenters. The maximum atomic E-state index is 12.1. The average Bonchev–Trinajstić information content (AvgIpc) is 2.96. The fourth-order valence-corrected chi connectivity index (χ4v) is 2.50. The number of benzene rings is 1. The third-order valence-electron chi connectivity index (χ3n) is 2.73. The monoisotopic (exact) mass is 305 g/mol. The predicted molar refractivity (Wildman–Crippen MR) is 85.1 cm³/mol. The third-order valence-corrected chi connectivity index (χ3v) is 3.64. The second kappa shape index (κ2) is 7.75. The van der Waals surface area contributed by atoms with Crippen LogP contribution in [0.4, 0.5) is 5.69 Å². The molecule has 0 bridgehead atoms. The molecule has 6 heteroatoms. The van der Waals surface area contributed by atoms with Gasteiger partial charge in [0.2, 0.25) is 0 Å². The number of carbonyl (C=O) groups is 1. The summed E-state index contributed by atoms with van der Waals surface area (Å²) < 4.78 is 5.49. The summed E-state index contributed by atoms with van der Waals surface area (Å²) in [6, 6.07) is 7.31. The molecule has 2 aromatic rings. The van der Waals surface area contributed by atoms with Gasteiger partial charge < -0.3 is 15.8 Å². The maximum absolute atomic E-state index is 12.1. The van der Waals surface area contributed by atoms with Crippen molar-refractivity contribution in [2.24, 2.45) is 5.73 Å². The lowest BCUT2D eigenvalue weighted by atomic mass is 10.3. The Labute approximate surface area is 128 Å². The highest BCUT2D eigenvalue weighted by atomic mass is 32.1. The van der Waals surface area contributed by atoms with Crippen LogP contribution in [-0.4, -0.2) is 24.0 Å². The van der Waals surface area contributed by atoms with Gasteiger partial charge in [0, 0.05) is 17.5 Å². The fraction of sp³-hybridized carbons (Fsp3) is 0.333. The number of ether oxygens (including phenoxy) is 1. The van der Waals surface area contributed by atoms with Crippen molar-refractivity contribution in [3.63, 3.8) is 0 Å². The highest BCUT2D eigenvalue weighted by Crippen LogP contribution is 2.17. The third kappa shape index (κ3) is 4.54. The van der Waals surface area contributed by atoms with Gasteiger partial charge in [0.15, 0.2) is 0 Å². The molecule has 2 rings (SSSR count). The molecule has 0 saturated heterocycles. The lowest BCUT2D eigenvalue weighted by molar-refractivity contribution is 0.102. The molecule has 5 nitrogen and oxygen atoms in total. The van der Waals surface area contributed by atoms with Gasteiger partial charge in [-0.05, 0) is 37.2 Å². The van der Waals surface area contributed by atoms with Crippen LogP contribution < -0.4 is 15.8 Å². The van der Waals surface area contributed by atoms with E-state index in [1.807, 2.05) is 24.3 Å². The molecule has 112 valence electrons. The number of anilines is 1. The van der Waals surface area contributed by atoms with E-state index in [1.54, 1.807) is 5.38 Å². The van der Waals surface area contributed by atoms with Gasteiger partial charge in [-0.3, -0.25) is 4.79 Å². The minimum Gasteiger partial charge on any atom is -0.494 e. The van der Waals surface area contributed by atoms with Gasteiger partial charge in [0.1, 0.15) is 11.4 Å². The van der Waals surface area contributed by atoms with Crippen molar-refractivity contribution in [1.29, 1.82) is 0 Å². The molecule has 0 spiro atoms. The summed E-state index contributed by atoms with van der Waals surface area (Å²) in [5, 5.41) is 5.44. The van der Waals surface area contributed by atoms with E-state index in [1.165, 1.54) is 11.3 Å². The number of rotatable bonds is 7. The minimum atomic E-state index is -0.211. The first-order valence-corrected chi connectivity index (χ1v) is 7.79. The van der Waals surface area contributed by atoms with Crippen LogP contribution in [0.1, 0.15) is 28.8 Å². The Morgan fingerprint density at radius 1 is 1.38 bits per heavy atom. The van der Waals surface area contributed by atoms with Gasteiger partial charge in [-0.15, -0.1) is 11.3 Å². The predicted octanol–water partition coefficient (Wildman–Crippen LogP) is 2.69. The summed E-state index contributed by atoms with van der Waals surface area (Å²) in [5.74, 6) is 0.588. The maximum Gasteiger partial charge on any atom is 0.275 e. The summed E-state index contributed by atoms with van der Waals surface area (Å²) in [6.07, 6.45) is 1.66. The van der Waals surface area contributed by atoms with Crippen molar-refractivity contribution in [1.82, 2.24) is 4.98 Å². The zero-order chi connectivity index (χ0) is 15.1. The van der Waals surface area contributed by atoms with Crippen LogP contribution in [0, 0.1) is 0 Å².